The first kappa shape index (κ1) is 14.9. The number of amides is 2. The molecule has 2 rings (SSSR count). The van der Waals surface area contributed by atoms with Crippen LogP contribution in [0.1, 0.15) is 57.4 Å². The summed E-state index contributed by atoms with van der Waals surface area (Å²) in [6.07, 6.45) is 6.36. The van der Waals surface area contributed by atoms with Crippen LogP contribution in [0.4, 0.5) is 10.5 Å². The van der Waals surface area contributed by atoms with Gasteiger partial charge < -0.3 is 14.7 Å². The molecule has 1 atom stereocenters. The third kappa shape index (κ3) is 3.14. The van der Waals surface area contributed by atoms with E-state index < -0.39 is 0 Å². The molecule has 1 N–H and O–H groups in total. The lowest BCUT2D eigenvalue weighted by molar-refractivity contribution is 0.157. The molecule has 0 radical (unpaired) electrons. The fourth-order valence-electron chi connectivity index (χ4n) is 2.90. The van der Waals surface area contributed by atoms with E-state index in [0.29, 0.717) is 6.04 Å². The van der Waals surface area contributed by atoms with Crippen LogP contribution in [0.3, 0.4) is 0 Å². The molecule has 0 aromatic carbocycles. The molecule has 0 spiro atoms. The quantitative estimate of drug-likeness (QED) is 0.913. The van der Waals surface area contributed by atoms with Crippen molar-refractivity contribution in [1.82, 2.24) is 10.1 Å². The van der Waals surface area contributed by atoms with Crippen molar-refractivity contribution in [2.75, 3.05) is 11.9 Å². The summed E-state index contributed by atoms with van der Waals surface area (Å²) in [6, 6.07) is 0.364. The zero-order valence-corrected chi connectivity index (χ0v) is 12.7. The summed E-state index contributed by atoms with van der Waals surface area (Å²) >= 11 is 0. The third-order valence-electron chi connectivity index (χ3n) is 4.00. The van der Waals surface area contributed by atoms with Crippen molar-refractivity contribution in [2.24, 2.45) is 0 Å². The molecule has 0 aliphatic carbocycles. The number of anilines is 1. The summed E-state index contributed by atoms with van der Waals surface area (Å²) < 4.78 is 5.22. The number of aromatic nitrogens is 1. The van der Waals surface area contributed by atoms with E-state index in [0.717, 1.165) is 55.8 Å². The Balaban J connectivity index is 2.07. The van der Waals surface area contributed by atoms with Gasteiger partial charge in [-0.2, -0.15) is 0 Å². The Morgan fingerprint density at radius 2 is 2.25 bits per heavy atom. The number of carbonyl (C=O) groups is 1. The van der Waals surface area contributed by atoms with Gasteiger partial charge >= 0.3 is 6.03 Å². The SMILES string of the molecule is CCCC1CCCCN1C(=O)Nc1c(C)noc1CC. The molecule has 1 saturated heterocycles. The van der Waals surface area contributed by atoms with E-state index in [1.165, 1.54) is 6.42 Å². The molecule has 2 heterocycles. The summed E-state index contributed by atoms with van der Waals surface area (Å²) in [5.74, 6) is 0.750. The number of likely N-dealkylation sites (tertiary alicyclic amines) is 1. The van der Waals surface area contributed by atoms with Crippen molar-refractivity contribution in [3.63, 3.8) is 0 Å². The molecule has 1 aliphatic heterocycles. The van der Waals surface area contributed by atoms with E-state index in [9.17, 15) is 4.79 Å². The second-order valence-electron chi connectivity index (χ2n) is 5.48. The highest BCUT2D eigenvalue weighted by molar-refractivity contribution is 5.90. The van der Waals surface area contributed by atoms with E-state index in [1.54, 1.807) is 0 Å². The first-order valence-corrected chi connectivity index (χ1v) is 7.70. The largest absolute Gasteiger partial charge is 0.359 e. The first-order chi connectivity index (χ1) is 9.67. The van der Waals surface area contributed by atoms with Crippen LogP contribution in [-0.2, 0) is 6.42 Å². The Morgan fingerprint density at radius 3 is 2.95 bits per heavy atom. The Hall–Kier alpha value is -1.52. The third-order valence-corrected chi connectivity index (χ3v) is 4.00. The lowest BCUT2D eigenvalue weighted by atomic mass is 9.99. The summed E-state index contributed by atoms with van der Waals surface area (Å²) in [6.45, 7) is 6.88. The summed E-state index contributed by atoms with van der Waals surface area (Å²) in [4.78, 5) is 14.5. The Labute approximate surface area is 120 Å². The number of rotatable bonds is 4. The van der Waals surface area contributed by atoms with Crippen LogP contribution in [0, 0.1) is 6.92 Å². The van der Waals surface area contributed by atoms with Crippen LogP contribution < -0.4 is 5.32 Å². The summed E-state index contributed by atoms with van der Waals surface area (Å²) in [5.41, 5.74) is 1.50. The molecule has 0 saturated carbocycles. The molecule has 1 aromatic heterocycles. The topological polar surface area (TPSA) is 58.4 Å². The minimum atomic E-state index is -0.0100. The molecule has 0 bridgehead atoms. The molecule has 1 aromatic rings. The number of nitrogens with one attached hydrogen (secondary N) is 1. The minimum Gasteiger partial charge on any atom is -0.359 e. The maximum atomic E-state index is 12.5. The number of aryl methyl sites for hydroxylation is 2. The summed E-state index contributed by atoms with van der Waals surface area (Å²) in [7, 11) is 0. The lowest BCUT2D eigenvalue weighted by Crippen LogP contribution is -2.45. The molecule has 5 heteroatoms. The minimum absolute atomic E-state index is 0.0100. The van der Waals surface area contributed by atoms with Crippen molar-refractivity contribution in [2.45, 2.75) is 65.3 Å². The van der Waals surface area contributed by atoms with E-state index in [2.05, 4.69) is 17.4 Å². The van der Waals surface area contributed by atoms with Crippen molar-refractivity contribution in [3.05, 3.63) is 11.5 Å². The first-order valence-electron chi connectivity index (χ1n) is 7.70. The van der Waals surface area contributed by atoms with Crippen LogP contribution in [0.5, 0.6) is 0 Å². The predicted molar refractivity (Wildman–Crippen MR) is 78.9 cm³/mol. The van der Waals surface area contributed by atoms with Crippen LogP contribution >= 0.6 is 0 Å². The van der Waals surface area contributed by atoms with Gasteiger partial charge in [0.1, 0.15) is 11.4 Å². The normalized spacial score (nSPS) is 19.1. The van der Waals surface area contributed by atoms with Gasteiger partial charge in [0.15, 0.2) is 5.76 Å². The van der Waals surface area contributed by atoms with E-state index in [-0.39, 0.29) is 6.03 Å². The highest BCUT2D eigenvalue weighted by atomic mass is 16.5. The van der Waals surface area contributed by atoms with E-state index >= 15 is 0 Å². The smallest absolute Gasteiger partial charge is 0.322 e. The van der Waals surface area contributed by atoms with Crippen LogP contribution in [0.15, 0.2) is 4.52 Å². The molecular weight excluding hydrogens is 254 g/mol. The van der Waals surface area contributed by atoms with Gasteiger partial charge in [-0.3, -0.25) is 0 Å². The van der Waals surface area contributed by atoms with Gasteiger partial charge in [-0.15, -0.1) is 0 Å². The molecule has 20 heavy (non-hydrogen) atoms. The second-order valence-corrected chi connectivity index (χ2v) is 5.48. The number of hydrogen-bond donors (Lipinski definition) is 1. The predicted octanol–water partition coefficient (Wildman–Crippen LogP) is 3.73. The second kappa shape index (κ2) is 6.77. The van der Waals surface area contributed by atoms with Gasteiger partial charge in [-0.25, -0.2) is 4.79 Å². The standard InChI is InChI=1S/C15H25N3O2/c1-4-8-12-9-6-7-10-18(12)15(19)16-14-11(3)17-20-13(14)5-2/h12H,4-10H2,1-3H3,(H,16,19). The Kier molecular flexibility index (Phi) is 5.04. The average molecular weight is 279 g/mol. The molecule has 2 amide bonds. The fourth-order valence-corrected chi connectivity index (χ4v) is 2.90. The molecular formula is C15H25N3O2. The van der Waals surface area contributed by atoms with Crippen molar-refractivity contribution < 1.29 is 9.32 Å². The molecule has 5 nitrogen and oxygen atoms in total. The Bertz CT molecular complexity index is 454. The van der Waals surface area contributed by atoms with Crippen molar-refractivity contribution in [3.8, 4) is 0 Å². The Morgan fingerprint density at radius 1 is 1.45 bits per heavy atom. The highest BCUT2D eigenvalue weighted by Crippen LogP contribution is 2.24. The van der Waals surface area contributed by atoms with E-state index in [4.69, 9.17) is 4.52 Å². The average Bonchev–Trinajstić information content (AvgIpc) is 2.80. The molecule has 112 valence electrons. The number of carbonyl (C=O) groups excluding carboxylic acids is 1. The van der Waals surface area contributed by atoms with Crippen molar-refractivity contribution in [1.29, 1.82) is 0 Å². The van der Waals surface area contributed by atoms with Crippen molar-refractivity contribution >= 4 is 11.7 Å². The van der Waals surface area contributed by atoms with E-state index in [1.807, 2.05) is 18.7 Å². The highest BCUT2D eigenvalue weighted by Gasteiger charge is 2.27. The molecule has 1 fully saturated rings. The maximum Gasteiger partial charge on any atom is 0.322 e. The molecule has 1 unspecified atom stereocenters. The van der Waals surface area contributed by atoms with Gasteiger partial charge in [-0.1, -0.05) is 25.4 Å². The molecule has 1 aliphatic rings. The number of piperidine rings is 1. The van der Waals surface area contributed by atoms with Crippen LogP contribution in [-0.4, -0.2) is 28.7 Å². The van der Waals surface area contributed by atoms with Gasteiger partial charge in [0.2, 0.25) is 0 Å². The number of urea groups is 1. The van der Waals surface area contributed by atoms with Gasteiger partial charge in [-0.05, 0) is 32.6 Å². The zero-order valence-electron chi connectivity index (χ0n) is 12.7. The van der Waals surface area contributed by atoms with Gasteiger partial charge in [0.05, 0.1) is 0 Å². The summed E-state index contributed by atoms with van der Waals surface area (Å²) in [5, 5.41) is 6.93. The monoisotopic (exact) mass is 279 g/mol. The maximum absolute atomic E-state index is 12.5. The van der Waals surface area contributed by atoms with Gasteiger partial charge in [0, 0.05) is 19.0 Å². The number of hydrogen-bond acceptors (Lipinski definition) is 3. The van der Waals surface area contributed by atoms with Crippen LogP contribution in [0.25, 0.3) is 0 Å². The van der Waals surface area contributed by atoms with Gasteiger partial charge in [0.25, 0.3) is 0 Å². The lowest BCUT2D eigenvalue weighted by Gasteiger charge is -2.35. The zero-order chi connectivity index (χ0) is 14.5. The van der Waals surface area contributed by atoms with Crippen LogP contribution in [0.2, 0.25) is 0 Å². The number of nitrogens with zero attached hydrogens (tertiary/aromatic N) is 2. The fraction of sp³-hybridized carbons (Fsp3) is 0.733.